The second-order valence-electron chi connectivity index (χ2n) is 13.8. The quantitative estimate of drug-likeness (QED) is 0.450. The van der Waals surface area contributed by atoms with E-state index in [4.69, 9.17) is 4.74 Å². The minimum Gasteiger partial charge on any atom is -0.393 e. The Kier molecular flexibility index (Phi) is 5.60. The average molecular weight is 457 g/mol. The molecule has 1 aliphatic heterocycles. The Morgan fingerprint density at radius 3 is 2.36 bits per heavy atom. The van der Waals surface area contributed by atoms with Crippen molar-refractivity contribution >= 4 is 0 Å². The van der Waals surface area contributed by atoms with Gasteiger partial charge in [0.1, 0.15) is 0 Å². The lowest BCUT2D eigenvalue weighted by Gasteiger charge is -2.62. The van der Waals surface area contributed by atoms with E-state index in [9.17, 15) is 10.2 Å². The number of fused-ring (bicyclic) bond motifs is 4. The fourth-order valence-corrected chi connectivity index (χ4v) is 9.89. The summed E-state index contributed by atoms with van der Waals surface area (Å²) in [6, 6.07) is 0. The normalized spacial score (nSPS) is 50.2. The van der Waals surface area contributed by atoms with Crippen molar-refractivity contribution in [2.45, 2.75) is 125 Å². The third-order valence-electron chi connectivity index (χ3n) is 12.4. The van der Waals surface area contributed by atoms with E-state index in [0.717, 1.165) is 24.8 Å². The van der Waals surface area contributed by atoms with E-state index < -0.39 is 6.29 Å². The maximum Gasteiger partial charge on any atom is 0.177 e. The second-order valence-corrected chi connectivity index (χ2v) is 13.8. The van der Waals surface area contributed by atoms with E-state index in [-0.39, 0.29) is 28.5 Å². The van der Waals surface area contributed by atoms with Crippen molar-refractivity contribution in [2.24, 2.45) is 39.4 Å². The van der Waals surface area contributed by atoms with Gasteiger partial charge in [-0.25, -0.2) is 0 Å². The van der Waals surface area contributed by atoms with Crippen molar-refractivity contribution < 1.29 is 14.9 Å². The molecular formula is C30H48O3. The monoisotopic (exact) mass is 456 g/mol. The van der Waals surface area contributed by atoms with Crippen LogP contribution < -0.4 is 0 Å². The van der Waals surface area contributed by atoms with E-state index in [2.05, 4.69) is 47.6 Å². The van der Waals surface area contributed by atoms with Crippen LogP contribution in [0, 0.1) is 39.4 Å². The fourth-order valence-electron chi connectivity index (χ4n) is 9.89. The first kappa shape index (κ1) is 24.1. The molecule has 0 radical (unpaired) electrons. The van der Waals surface area contributed by atoms with Crippen LogP contribution in [0.2, 0.25) is 0 Å². The highest BCUT2D eigenvalue weighted by molar-refractivity contribution is 5.38. The minimum atomic E-state index is -0.729. The van der Waals surface area contributed by atoms with Crippen molar-refractivity contribution in [1.82, 2.24) is 0 Å². The average Bonchev–Trinajstić information content (AvgIpc) is 3.04. The molecule has 2 N–H and O–H groups in total. The Balaban J connectivity index is 1.47. The van der Waals surface area contributed by atoms with Gasteiger partial charge in [0.05, 0.1) is 12.2 Å². The molecule has 0 bridgehead atoms. The van der Waals surface area contributed by atoms with E-state index in [0.29, 0.717) is 23.2 Å². The van der Waals surface area contributed by atoms with E-state index in [1.807, 2.05) is 6.92 Å². The third-order valence-corrected chi connectivity index (χ3v) is 12.4. The zero-order valence-electron chi connectivity index (χ0n) is 22.2. The number of hydrogen-bond donors (Lipinski definition) is 2. The van der Waals surface area contributed by atoms with Crippen LogP contribution in [-0.2, 0) is 4.74 Å². The summed E-state index contributed by atoms with van der Waals surface area (Å²) in [6.45, 7) is 16.7. The molecule has 0 aromatic heterocycles. The Morgan fingerprint density at radius 2 is 1.67 bits per heavy atom. The smallest absolute Gasteiger partial charge is 0.177 e. The highest BCUT2D eigenvalue weighted by atomic mass is 16.6. The molecule has 5 aliphatic rings. The lowest BCUT2D eigenvalue weighted by molar-refractivity contribution is -0.148. The van der Waals surface area contributed by atoms with Gasteiger partial charge in [-0.05, 0) is 110 Å². The highest BCUT2D eigenvalue weighted by Gasteiger charge is 2.63. The fraction of sp³-hybridized carbons (Fsp3) is 0.867. The SMILES string of the molecule is CC1=CC[C@@H]([C@@H](C)[C@H]2CC[C@@]3(C)C4=C(CC[C@]23C)[C@@]2(C)CC[C@H](O)C(C)(C)[C@@H]2CC4)O[C@@H]1O. The van der Waals surface area contributed by atoms with Gasteiger partial charge in [0.15, 0.2) is 6.29 Å². The Morgan fingerprint density at radius 1 is 0.939 bits per heavy atom. The number of aliphatic hydroxyl groups is 2. The van der Waals surface area contributed by atoms with E-state index in [1.165, 1.54) is 38.5 Å². The zero-order chi connectivity index (χ0) is 24.0. The second kappa shape index (κ2) is 7.68. The summed E-state index contributed by atoms with van der Waals surface area (Å²) in [4.78, 5) is 0. The Labute approximate surface area is 202 Å². The summed E-state index contributed by atoms with van der Waals surface area (Å²) in [7, 11) is 0. The van der Waals surface area contributed by atoms with Gasteiger partial charge in [-0.15, -0.1) is 0 Å². The van der Waals surface area contributed by atoms with Crippen molar-refractivity contribution in [3.8, 4) is 0 Å². The molecule has 5 rings (SSSR count). The van der Waals surface area contributed by atoms with Crippen LogP contribution in [0.3, 0.4) is 0 Å². The standard InChI is InChI=1S/C30H48O3/c1-18-8-10-23(33-26(18)32)19(2)20-12-16-30(7)22-9-11-24-27(3,4)25(31)14-15-28(24,5)21(22)13-17-29(20,30)6/h8,19-20,23-26,31-32H,9-17H2,1-7H3/t19-,20+,23-,24-,25-,26-,28+,29+,30-/m0/s1. The molecule has 4 aliphatic carbocycles. The van der Waals surface area contributed by atoms with Crippen LogP contribution in [0.5, 0.6) is 0 Å². The summed E-state index contributed by atoms with van der Waals surface area (Å²) in [5.41, 5.74) is 5.37. The Hall–Kier alpha value is -0.640. The van der Waals surface area contributed by atoms with Crippen LogP contribution in [0.25, 0.3) is 0 Å². The molecule has 9 atom stereocenters. The number of aliphatic hydroxyl groups excluding tert-OH is 2. The molecule has 33 heavy (non-hydrogen) atoms. The predicted octanol–water partition coefficient (Wildman–Crippen LogP) is 6.79. The summed E-state index contributed by atoms with van der Waals surface area (Å²) < 4.78 is 6.11. The van der Waals surface area contributed by atoms with Gasteiger partial charge in [-0.2, -0.15) is 0 Å². The number of rotatable bonds is 2. The molecule has 3 nitrogen and oxygen atoms in total. The van der Waals surface area contributed by atoms with Crippen LogP contribution in [0.4, 0.5) is 0 Å². The number of hydrogen-bond acceptors (Lipinski definition) is 3. The lowest BCUT2D eigenvalue weighted by atomic mass is 9.43. The molecule has 2 saturated carbocycles. The third kappa shape index (κ3) is 3.17. The predicted molar refractivity (Wildman–Crippen MR) is 133 cm³/mol. The van der Waals surface area contributed by atoms with Gasteiger partial charge in [-0.1, -0.05) is 58.8 Å². The van der Waals surface area contributed by atoms with Gasteiger partial charge in [0.2, 0.25) is 0 Å². The van der Waals surface area contributed by atoms with Crippen molar-refractivity contribution in [3.63, 3.8) is 0 Å². The first-order valence-corrected chi connectivity index (χ1v) is 13.8. The molecule has 186 valence electrons. The van der Waals surface area contributed by atoms with Crippen molar-refractivity contribution in [2.75, 3.05) is 0 Å². The molecular weight excluding hydrogens is 408 g/mol. The molecule has 0 aromatic rings. The molecule has 0 amide bonds. The summed E-state index contributed by atoms with van der Waals surface area (Å²) in [5.74, 6) is 1.67. The largest absolute Gasteiger partial charge is 0.393 e. The molecule has 0 unspecified atom stereocenters. The zero-order valence-corrected chi connectivity index (χ0v) is 22.2. The van der Waals surface area contributed by atoms with Gasteiger partial charge < -0.3 is 14.9 Å². The summed E-state index contributed by atoms with van der Waals surface area (Å²) in [6.07, 6.45) is 11.9. The van der Waals surface area contributed by atoms with Crippen molar-refractivity contribution in [3.05, 3.63) is 22.8 Å². The Bertz CT molecular complexity index is 870. The van der Waals surface area contributed by atoms with Gasteiger partial charge >= 0.3 is 0 Å². The van der Waals surface area contributed by atoms with Crippen LogP contribution in [-0.4, -0.2) is 28.7 Å². The molecule has 2 fully saturated rings. The summed E-state index contributed by atoms with van der Waals surface area (Å²) in [5, 5.41) is 21.2. The number of allylic oxidation sites excluding steroid dienone is 2. The summed E-state index contributed by atoms with van der Waals surface area (Å²) >= 11 is 0. The maximum absolute atomic E-state index is 10.8. The first-order valence-electron chi connectivity index (χ1n) is 13.8. The van der Waals surface area contributed by atoms with Crippen molar-refractivity contribution in [1.29, 1.82) is 0 Å². The van der Waals surface area contributed by atoms with Crippen LogP contribution >= 0.6 is 0 Å². The van der Waals surface area contributed by atoms with Gasteiger partial charge in [0, 0.05) is 0 Å². The molecule has 0 spiro atoms. The molecule has 3 heteroatoms. The van der Waals surface area contributed by atoms with E-state index in [1.54, 1.807) is 11.1 Å². The molecule has 0 aromatic carbocycles. The molecule has 1 heterocycles. The number of ether oxygens (including phenoxy) is 1. The van der Waals surface area contributed by atoms with E-state index >= 15 is 0 Å². The minimum absolute atomic E-state index is 0.00468. The topological polar surface area (TPSA) is 49.7 Å². The first-order chi connectivity index (χ1) is 15.4. The van der Waals surface area contributed by atoms with Crippen LogP contribution in [0.15, 0.2) is 22.8 Å². The highest BCUT2D eigenvalue weighted by Crippen LogP contribution is 2.72. The maximum atomic E-state index is 10.8. The van der Waals surface area contributed by atoms with Gasteiger partial charge in [0.25, 0.3) is 0 Å². The van der Waals surface area contributed by atoms with Crippen LogP contribution in [0.1, 0.15) is 106 Å². The molecule has 0 saturated heterocycles. The van der Waals surface area contributed by atoms with Gasteiger partial charge in [-0.3, -0.25) is 0 Å². The lowest BCUT2D eigenvalue weighted by Crippen LogP contribution is -2.55.